The molecule has 1 aromatic carbocycles. The Bertz CT molecular complexity index is 621. The van der Waals surface area contributed by atoms with Crippen molar-refractivity contribution in [3.05, 3.63) is 42.2 Å². The second-order valence-electron chi connectivity index (χ2n) is 4.37. The van der Waals surface area contributed by atoms with Crippen molar-refractivity contribution in [2.45, 2.75) is 0 Å². The number of nitrogens with zero attached hydrogens (tertiary/aromatic N) is 2. The molecule has 2 aromatic rings. The van der Waals surface area contributed by atoms with Crippen molar-refractivity contribution in [2.75, 3.05) is 23.3 Å². The Kier molecular flexibility index (Phi) is 3.08. The molecule has 7 heteroatoms. The van der Waals surface area contributed by atoms with Gasteiger partial charge in [0.15, 0.2) is 0 Å². The number of amides is 3. The molecule has 1 aliphatic heterocycles. The van der Waals surface area contributed by atoms with Crippen LogP contribution in [0.4, 0.5) is 16.2 Å². The molecule has 102 valence electrons. The summed E-state index contributed by atoms with van der Waals surface area (Å²) in [6.07, 6.45) is 2.98. The number of hydrogen-bond acceptors (Lipinski definition) is 3. The summed E-state index contributed by atoms with van der Waals surface area (Å²) in [5.41, 5.74) is 1.94. The van der Waals surface area contributed by atoms with Gasteiger partial charge in [0.1, 0.15) is 0 Å². The average Bonchev–Trinajstić information content (AvgIpc) is 3.11. The van der Waals surface area contributed by atoms with E-state index in [-0.39, 0.29) is 11.9 Å². The SMILES string of the molecule is O=C(Nc1ccc(N2CCNC2=O)cc1)c1cn[nH]c1. The van der Waals surface area contributed by atoms with Crippen LogP contribution in [0, 0.1) is 0 Å². The van der Waals surface area contributed by atoms with Gasteiger partial charge in [-0.15, -0.1) is 0 Å². The van der Waals surface area contributed by atoms with Crippen LogP contribution in [-0.4, -0.2) is 35.2 Å². The van der Waals surface area contributed by atoms with Crippen LogP contribution in [0.15, 0.2) is 36.7 Å². The number of benzene rings is 1. The van der Waals surface area contributed by atoms with Gasteiger partial charge >= 0.3 is 6.03 Å². The molecule has 1 saturated heterocycles. The number of carbonyl (C=O) groups is 2. The summed E-state index contributed by atoms with van der Waals surface area (Å²) < 4.78 is 0. The second kappa shape index (κ2) is 5.04. The minimum absolute atomic E-state index is 0.0971. The van der Waals surface area contributed by atoms with E-state index in [9.17, 15) is 9.59 Å². The minimum atomic E-state index is -0.231. The number of carbonyl (C=O) groups excluding carboxylic acids is 2. The van der Waals surface area contributed by atoms with E-state index in [2.05, 4.69) is 20.8 Å². The predicted molar refractivity (Wildman–Crippen MR) is 73.7 cm³/mol. The lowest BCUT2D eigenvalue weighted by Gasteiger charge is -2.14. The normalized spacial score (nSPS) is 14.2. The first-order valence-electron chi connectivity index (χ1n) is 6.19. The predicted octanol–water partition coefficient (Wildman–Crippen LogP) is 1.19. The summed E-state index contributed by atoms with van der Waals surface area (Å²) >= 11 is 0. The average molecular weight is 271 g/mol. The van der Waals surface area contributed by atoms with Crippen molar-refractivity contribution < 1.29 is 9.59 Å². The fourth-order valence-electron chi connectivity index (χ4n) is 2.02. The van der Waals surface area contributed by atoms with Crippen LogP contribution in [0.1, 0.15) is 10.4 Å². The highest BCUT2D eigenvalue weighted by atomic mass is 16.2. The molecule has 0 unspecified atom stereocenters. The van der Waals surface area contributed by atoms with Crippen molar-refractivity contribution in [3.8, 4) is 0 Å². The third kappa shape index (κ3) is 2.33. The third-order valence-electron chi connectivity index (χ3n) is 3.05. The van der Waals surface area contributed by atoms with Gasteiger partial charge in [-0.25, -0.2) is 4.79 Å². The molecule has 0 atom stereocenters. The summed E-state index contributed by atoms with van der Waals surface area (Å²) in [6.45, 7) is 1.30. The number of aromatic nitrogens is 2. The Morgan fingerprint density at radius 2 is 2.10 bits per heavy atom. The van der Waals surface area contributed by atoms with Crippen LogP contribution in [0.5, 0.6) is 0 Å². The van der Waals surface area contributed by atoms with Gasteiger partial charge in [0.25, 0.3) is 5.91 Å². The highest BCUT2D eigenvalue weighted by Gasteiger charge is 2.20. The Morgan fingerprint density at radius 1 is 1.30 bits per heavy atom. The van der Waals surface area contributed by atoms with Gasteiger partial charge in [-0.2, -0.15) is 5.10 Å². The fraction of sp³-hybridized carbons (Fsp3) is 0.154. The first-order chi connectivity index (χ1) is 9.74. The maximum atomic E-state index is 11.8. The third-order valence-corrected chi connectivity index (χ3v) is 3.05. The molecule has 2 heterocycles. The maximum absolute atomic E-state index is 11.8. The molecule has 1 fully saturated rings. The molecule has 0 spiro atoms. The molecule has 0 radical (unpaired) electrons. The van der Waals surface area contributed by atoms with Crippen molar-refractivity contribution >= 4 is 23.3 Å². The molecule has 3 N–H and O–H groups in total. The van der Waals surface area contributed by atoms with E-state index in [1.807, 2.05) is 0 Å². The van der Waals surface area contributed by atoms with Gasteiger partial charge in [-0.05, 0) is 24.3 Å². The Hall–Kier alpha value is -2.83. The summed E-state index contributed by atoms with van der Waals surface area (Å²) in [6, 6.07) is 7.03. The van der Waals surface area contributed by atoms with E-state index in [0.717, 1.165) is 5.69 Å². The molecule has 0 bridgehead atoms. The first-order valence-corrected chi connectivity index (χ1v) is 6.19. The van der Waals surface area contributed by atoms with Crippen LogP contribution in [0.25, 0.3) is 0 Å². The van der Waals surface area contributed by atoms with Crippen LogP contribution >= 0.6 is 0 Å². The number of nitrogens with one attached hydrogen (secondary N) is 3. The topological polar surface area (TPSA) is 90.1 Å². The summed E-state index contributed by atoms with van der Waals surface area (Å²) in [5, 5.41) is 11.8. The monoisotopic (exact) mass is 271 g/mol. The lowest BCUT2D eigenvalue weighted by Crippen LogP contribution is -2.27. The van der Waals surface area contributed by atoms with Gasteiger partial charge in [-0.1, -0.05) is 0 Å². The van der Waals surface area contributed by atoms with Gasteiger partial charge in [0.05, 0.1) is 11.8 Å². The zero-order valence-corrected chi connectivity index (χ0v) is 10.6. The van der Waals surface area contributed by atoms with Crippen molar-refractivity contribution in [3.63, 3.8) is 0 Å². The smallest absolute Gasteiger partial charge is 0.321 e. The minimum Gasteiger partial charge on any atom is -0.336 e. The van der Waals surface area contributed by atoms with Crippen LogP contribution in [0.3, 0.4) is 0 Å². The van der Waals surface area contributed by atoms with E-state index >= 15 is 0 Å². The van der Waals surface area contributed by atoms with Crippen LogP contribution in [-0.2, 0) is 0 Å². The molecule has 3 rings (SSSR count). The number of hydrogen-bond donors (Lipinski definition) is 3. The standard InChI is InChI=1S/C13H13N5O2/c19-12(9-7-15-16-8-9)17-10-1-3-11(4-2-10)18-6-5-14-13(18)20/h1-4,7-8H,5-6H2,(H,14,20)(H,15,16)(H,17,19). The number of rotatable bonds is 3. The lowest BCUT2D eigenvalue weighted by atomic mass is 10.2. The summed E-state index contributed by atoms with van der Waals surface area (Å²) in [7, 11) is 0. The van der Waals surface area contributed by atoms with E-state index in [4.69, 9.17) is 0 Å². The number of aromatic amines is 1. The molecule has 1 aromatic heterocycles. The highest BCUT2D eigenvalue weighted by molar-refractivity contribution is 6.04. The van der Waals surface area contributed by atoms with Crippen molar-refractivity contribution in [1.29, 1.82) is 0 Å². The van der Waals surface area contributed by atoms with Gasteiger partial charge in [-0.3, -0.25) is 14.8 Å². The van der Waals surface area contributed by atoms with E-state index in [0.29, 0.717) is 24.3 Å². The van der Waals surface area contributed by atoms with Crippen LogP contribution < -0.4 is 15.5 Å². The van der Waals surface area contributed by atoms with Crippen LogP contribution in [0.2, 0.25) is 0 Å². The summed E-state index contributed by atoms with van der Waals surface area (Å²) in [5.74, 6) is -0.231. The molecular weight excluding hydrogens is 258 g/mol. The van der Waals surface area contributed by atoms with Gasteiger partial charge in [0, 0.05) is 30.7 Å². The Labute approximate surface area is 115 Å². The largest absolute Gasteiger partial charge is 0.336 e. The second-order valence-corrected chi connectivity index (χ2v) is 4.37. The maximum Gasteiger partial charge on any atom is 0.321 e. The lowest BCUT2D eigenvalue weighted by molar-refractivity contribution is 0.102. The van der Waals surface area contributed by atoms with E-state index < -0.39 is 0 Å². The molecule has 7 nitrogen and oxygen atoms in total. The molecule has 20 heavy (non-hydrogen) atoms. The molecule has 0 aliphatic carbocycles. The Balaban J connectivity index is 1.70. The van der Waals surface area contributed by atoms with E-state index in [1.54, 1.807) is 29.2 Å². The van der Waals surface area contributed by atoms with Gasteiger partial charge < -0.3 is 10.6 Å². The summed E-state index contributed by atoms with van der Waals surface area (Å²) in [4.78, 5) is 25.0. The zero-order chi connectivity index (χ0) is 13.9. The number of anilines is 2. The first kappa shape index (κ1) is 12.2. The zero-order valence-electron chi connectivity index (χ0n) is 10.6. The molecular formula is C13H13N5O2. The number of H-pyrrole nitrogens is 1. The molecule has 0 saturated carbocycles. The van der Waals surface area contributed by atoms with E-state index in [1.165, 1.54) is 12.4 Å². The molecule has 1 aliphatic rings. The highest BCUT2D eigenvalue weighted by Crippen LogP contribution is 2.19. The quantitative estimate of drug-likeness (QED) is 0.783. The number of urea groups is 1. The molecule has 3 amide bonds. The Morgan fingerprint density at radius 3 is 2.70 bits per heavy atom. The fourth-order valence-corrected chi connectivity index (χ4v) is 2.02. The van der Waals surface area contributed by atoms with Crippen molar-refractivity contribution in [1.82, 2.24) is 15.5 Å². The van der Waals surface area contributed by atoms with Gasteiger partial charge in [0.2, 0.25) is 0 Å². The van der Waals surface area contributed by atoms with Crippen molar-refractivity contribution in [2.24, 2.45) is 0 Å².